The molecule has 1 unspecified atom stereocenters. The van der Waals surface area contributed by atoms with Gasteiger partial charge in [0.15, 0.2) is 5.78 Å². The molecule has 0 saturated carbocycles. The quantitative estimate of drug-likeness (QED) is 0.819. The zero-order valence-electron chi connectivity index (χ0n) is 12.2. The van der Waals surface area contributed by atoms with Crippen molar-refractivity contribution in [1.82, 2.24) is 5.32 Å². The van der Waals surface area contributed by atoms with Gasteiger partial charge in [-0.05, 0) is 12.2 Å². The van der Waals surface area contributed by atoms with Crippen molar-refractivity contribution in [3.05, 3.63) is 48.1 Å². The van der Waals surface area contributed by atoms with E-state index in [1.807, 2.05) is 39.0 Å². The van der Waals surface area contributed by atoms with Crippen LogP contribution in [0.25, 0.3) is 0 Å². The number of nitrogens with one attached hydrogen (secondary N) is 1. The number of hydrogen-bond donors (Lipinski definition) is 2. The first kappa shape index (κ1) is 16.1. The molecule has 1 aliphatic carbocycles. The SMILES string of the molecule is CC(C)(C)C(=O)C(N)CNC(=O)C1=C/C=C\C=C/C=C\1. The van der Waals surface area contributed by atoms with E-state index in [1.165, 1.54) is 0 Å². The second kappa shape index (κ2) is 7.01. The Morgan fingerprint density at radius 2 is 1.75 bits per heavy atom. The van der Waals surface area contributed by atoms with Crippen LogP contribution >= 0.6 is 0 Å². The lowest BCUT2D eigenvalue weighted by atomic mass is 9.87. The summed E-state index contributed by atoms with van der Waals surface area (Å²) in [5.41, 5.74) is 5.84. The number of hydrogen-bond acceptors (Lipinski definition) is 3. The number of ketones is 1. The third kappa shape index (κ3) is 4.97. The monoisotopic (exact) mass is 274 g/mol. The van der Waals surface area contributed by atoms with Gasteiger partial charge < -0.3 is 11.1 Å². The molecule has 0 spiro atoms. The van der Waals surface area contributed by atoms with Crippen LogP contribution in [0.4, 0.5) is 0 Å². The molecule has 0 aromatic heterocycles. The minimum atomic E-state index is -0.687. The van der Waals surface area contributed by atoms with Crippen molar-refractivity contribution in [2.75, 3.05) is 6.54 Å². The van der Waals surface area contributed by atoms with Gasteiger partial charge in [-0.15, -0.1) is 0 Å². The van der Waals surface area contributed by atoms with Crippen molar-refractivity contribution in [2.45, 2.75) is 26.8 Å². The standard InChI is InChI=1S/C16H22N2O2/c1-16(2,3)14(19)13(17)11-18-15(20)12-9-7-5-4-6-8-10-12/h4-10,13H,11,17H2,1-3H3,(H,18,20)/b5-4-,6-4?,7-5?,8-6-,9-7-,10-8?,12-9?,12-10+. The van der Waals surface area contributed by atoms with Crippen molar-refractivity contribution in [3.8, 4) is 0 Å². The van der Waals surface area contributed by atoms with Crippen LogP contribution in [0.5, 0.6) is 0 Å². The molecule has 0 radical (unpaired) electrons. The van der Waals surface area contributed by atoms with Gasteiger partial charge in [0.25, 0.3) is 5.91 Å². The summed E-state index contributed by atoms with van der Waals surface area (Å²) >= 11 is 0. The molecule has 0 aromatic rings. The van der Waals surface area contributed by atoms with E-state index in [2.05, 4.69) is 5.32 Å². The molecule has 0 fully saturated rings. The lowest BCUT2D eigenvalue weighted by Crippen LogP contribution is -2.47. The van der Waals surface area contributed by atoms with Gasteiger partial charge in [0.1, 0.15) is 0 Å². The number of carbonyl (C=O) groups excluding carboxylic acids is 2. The number of allylic oxidation sites excluding steroid dienone is 6. The van der Waals surface area contributed by atoms with Crippen LogP contribution in [0.15, 0.2) is 48.1 Å². The molecule has 0 bridgehead atoms. The second-order valence-electron chi connectivity index (χ2n) is 5.68. The van der Waals surface area contributed by atoms with Crippen molar-refractivity contribution in [3.63, 3.8) is 0 Å². The van der Waals surface area contributed by atoms with Crippen LogP contribution < -0.4 is 11.1 Å². The van der Waals surface area contributed by atoms with Crippen molar-refractivity contribution >= 4 is 11.7 Å². The van der Waals surface area contributed by atoms with Gasteiger partial charge in [-0.1, -0.05) is 51.2 Å². The number of carbonyl (C=O) groups is 2. The molecule has 0 heterocycles. The summed E-state index contributed by atoms with van der Waals surface area (Å²) in [4.78, 5) is 23.9. The Bertz CT molecular complexity index is 491. The van der Waals surface area contributed by atoms with Crippen molar-refractivity contribution in [2.24, 2.45) is 11.1 Å². The highest BCUT2D eigenvalue weighted by Crippen LogP contribution is 2.15. The summed E-state index contributed by atoms with van der Waals surface area (Å²) in [6, 6.07) is -0.687. The maximum atomic E-state index is 12.0. The highest BCUT2D eigenvalue weighted by Gasteiger charge is 2.27. The number of nitrogens with two attached hydrogens (primary N) is 1. The van der Waals surface area contributed by atoms with E-state index in [0.717, 1.165) is 0 Å². The first-order valence-electron chi connectivity index (χ1n) is 6.62. The van der Waals surface area contributed by atoms with Gasteiger partial charge in [-0.3, -0.25) is 9.59 Å². The molecule has 108 valence electrons. The van der Waals surface area contributed by atoms with Crippen LogP contribution in [-0.2, 0) is 9.59 Å². The normalized spacial score (nSPS) is 23.5. The van der Waals surface area contributed by atoms with Crippen LogP contribution in [0, 0.1) is 5.41 Å². The lowest BCUT2D eigenvalue weighted by molar-refractivity contribution is -0.127. The Balaban J connectivity index is 2.57. The molecule has 1 rings (SSSR count). The predicted octanol–water partition coefficient (Wildman–Crippen LogP) is 1.65. The third-order valence-corrected chi connectivity index (χ3v) is 2.82. The first-order valence-corrected chi connectivity index (χ1v) is 6.62. The molecule has 4 heteroatoms. The lowest BCUT2D eigenvalue weighted by Gasteiger charge is -2.21. The molecule has 3 N–H and O–H groups in total. The molecule has 20 heavy (non-hydrogen) atoms. The summed E-state index contributed by atoms with van der Waals surface area (Å²) in [6.45, 7) is 5.58. The number of Topliss-reactive ketones (excluding diaryl/α,β-unsaturated/α-hetero) is 1. The van der Waals surface area contributed by atoms with Gasteiger partial charge >= 0.3 is 0 Å². The minimum absolute atomic E-state index is 0.0668. The minimum Gasteiger partial charge on any atom is -0.350 e. The zero-order chi connectivity index (χ0) is 15.2. The van der Waals surface area contributed by atoms with Crippen molar-refractivity contribution in [1.29, 1.82) is 0 Å². The molecule has 1 amide bonds. The largest absolute Gasteiger partial charge is 0.350 e. The second-order valence-corrected chi connectivity index (χ2v) is 5.68. The molecule has 0 aliphatic heterocycles. The Morgan fingerprint density at radius 1 is 1.15 bits per heavy atom. The summed E-state index contributed by atoms with van der Waals surface area (Å²) in [5.74, 6) is -0.304. The van der Waals surface area contributed by atoms with Gasteiger partial charge in [-0.2, -0.15) is 0 Å². The summed E-state index contributed by atoms with van der Waals surface area (Å²) in [5, 5.41) is 2.69. The van der Waals surface area contributed by atoms with E-state index >= 15 is 0 Å². The van der Waals surface area contributed by atoms with Crippen molar-refractivity contribution < 1.29 is 9.59 Å². The predicted molar refractivity (Wildman–Crippen MR) is 81.0 cm³/mol. The van der Waals surface area contributed by atoms with E-state index < -0.39 is 11.5 Å². The fourth-order valence-electron chi connectivity index (χ4n) is 1.67. The smallest absolute Gasteiger partial charge is 0.251 e. The topological polar surface area (TPSA) is 72.2 Å². The molecule has 0 saturated heterocycles. The van der Waals surface area contributed by atoms with Crippen LogP contribution in [0.2, 0.25) is 0 Å². The van der Waals surface area contributed by atoms with E-state index in [0.29, 0.717) is 5.57 Å². The zero-order valence-corrected chi connectivity index (χ0v) is 12.2. The Hall–Kier alpha value is -1.94. The molecule has 1 atom stereocenters. The first-order chi connectivity index (χ1) is 9.32. The third-order valence-electron chi connectivity index (χ3n) is 2.82. The van der Waals surface area contributed by atoms with Crippen LogP contribution in [-0.4, -0.2) is 24.3 Å². The van der Waals surface area contributed by atoms with Gasteiger partial charge in [0.2, 0.25) is 0 Å². The number of rotatable bonds is 4. The molecular formula is C16H22N2O2. The average molecular weight is 274 g/mol. The van der Waals surface area contributed by atoms with E-state index in [-0.39, 0.29) is 18.2 Å². The fraction of sp³-hybridized carbons (Fsp3) is 0.375. The molecule has 0 aromatic carbocycles. The Morgan fingerprint density at radius 3 is 2.40 bits per heavy atom. The molecular weight excluding hydrogens is 252 g/mol. The van der Waals surface area contributed by atoms with E-state index in [4.69, 9.17) is 5.73 Å². The van der Waals surface area contributed by atoms with Crippen LogP contribution in [0.1, 0.15) is 20.8 Å². The molecule has 4 nitrogen and oxygen atoms in total. The summed E-state index contributed by atoms with van der Waals surface area (Å²) in [7, 11) is 0. The summed E-state index contributed by atoms with van der Waals surface area (Å²) < 4.78 is 0. The molecule has 1 aliphatic rings. The Labute approximate surface area is 120 Å². The maximum absolute atomic E-state index is 12.0. The van der Waals surface area contributed by atoms with Gasteiger partial charge in [0, 0.05) is 17.5 Å². The number of amides is 1. The maximum Gasteiger partial charge on any atom is 0.251 e. The summed E-state index contributed by atoms with van der Waals surface area (Å²) in [6.07, 6.45) is 12.6. The van der Waals surface area contributed by atoms with E-state index in [9.17, 15) is 9.59 Å². The Kier molecular flexibility index (Phi) is 5.65. The highest BCUT2D eigenvalue weighted by atomic mass is 16.2. The van der Waals surface area contributed by atoms with Gasteiger partial charge in [-0.25, -0.2) is 0 Å². The highest BCUT2D eigenvalue weighted by molar-refractivity contribution is 5.97. The van der Waals surface area contributed by atoms with E-state index in [1.54, 1.807) is 24.3 Å². The van der Waals surface area contributed by atoms with Gasteiger partial charge in [0.05, 0.1) is 6.04 Å². The average Bonchev–Trinajstić information content (AvgIpc) is 2.33. The fourth-order valence-corrected chi connectivity index (χ4v) is 1.67. The van der Waals surface area contributed by atoms with Crippen LogP contribution in [0.3, 0.4) is 0 Å².